The highest BCUT2D eigenvalue weighted by Crippen LogP contribution is 2.26. The van der Waals surface area contributed by atoms with Gasteiger partial charge in [-0.1, -0.05) is 11.6 Å². The molecule has 2 aromatic rings. The Bertz CT molecular complexity index is 564. The fourth-order valence-corrected chi connectivity index (χ4v) is 2.31. The van der Waals surface area contributed by atoms with Crippen molar-refractivity contribution in [3.8, 4) is 0 Å². The Hall–Kier alpha value is -1.57. The molecule has 0 unspecified atom stereocenters. The van der Waals surface area contributed by atoms with Crippen molar-refractivity contribution in [3.63, 3.8) is 0 Å². The lowest BCUT2D eigenvalue weighted by Gasteiger charge is -2.01. The van der Waals surface area contributed by atoms with Gasteiger partial charge in [0.2, 0.25) is 0 Å². The minimum atomic E-state index is 0.211. The molecule has 16 heavy (non-hydrogen) atoms. The van der Waals surface area contributed by atoms with Gasteiger partial charge in [-0.25, -0.2) is 0 Å². The molecule has 0 spiro atoms. The molecule has 1 N–H and O–H groups in total. The van der Waals surface area contributed by atoms with Crippen LogP contribution in [-0.4, -0.2) is 10.8 Å². The summed E-state index contributed by atoms with van der Waals surface area (Å²) in [6, 6.07) is 4.32. The molecule has 84 valence electrons. The molecule has 2 heteroatoms. The Morgan fingerprint density at radius 3 is 2.56 bits per heavy atom. The minimum absolute atomic E-state index is 0.211. The number of aryl methyl sites for hydroxylation is 3. The molecular weight excluding hydrogens is 198 g/mol. The summed E-state index contributed by atoms with van der Waals surface area (Å²) in [7, 11) is 0. The maximum absolute atomic E-state index is 11.3. The van der Waals surface area contributed by atoms with E-state index < -0.39 is 0 Å². The predicted molar refractivity (Wildman–Crippen MR) is 66.9 cm³/mol. The van der Waals surface area contributed by atoms with Gasteiger partial charge in [0, 0.05) is 23.0 Å². The molecule has 0 bridgehead atoms. The van der Waals surface area contributed by atoms with Crippen LogP contribution in [0.1, 0.15) is 29.3 Å². The van der Waals surface area contributed by atoms with Gasteiger partial charge in [0.15, 0.2) is 0 Å². The van der Waals surface area contributed by atoms with Crippen LogP contribution >= 0.6 is 0 Å². The van der Waals surface area contributed by atoms with E-state index in [2.05, 4.69) is 31.0 Å². The van der Waals surface area contributed by atoms with E-state index in [-0.39, 0.29) is 5.78 Å². The van der Waals surface area contributed by atoms with Crippen LogP contribution in [0.25, 0.3) is 10.9 Å². The minimum Gasteiger partial charge on any atom is -0.358 e. The van der Waals surface area contributed by atoms with E-state index in [0.717, 1.165) is 11.3 Å². The molecule has 1 heterocycles. The summed E-state index contributed by atoms with van der Waals surface area (Å²) in [6.45, 7) is 7.86. The summed E-state index contributed by atoms with van der Waals surface area (Å²) in [5.74, 6) is 0.211. The SMILES string of the molecule is CC(=O)Cc1c(C)[nH]c2c(C)cc(C)cc12. The molecule has 0 saturated carbocycles. The average Bonchev–Trinajstić information content (AvgIpc) is 2.45. The van der Waals surface area contributed by atoms with Gasteiger partial charge in [0.05, 0.1) is 0 Å². The lowest BCUT2D eigenvalue weighted by molar-refractivity contribution is -0.116. The Kier molecular flexibility index (Phi) is 2.58. The number of fused-ring (bicyclic) bond motifs is 1. The molecule has 2 rings (SSSR count). The molecule has 2 nitrogen and oxygen atoms in total. The zero-order chi connectivity index (χ0) is 11.9. The van der Waals surface area contributed by atoms with Crippen molar-refractivity contribution in [2.45, 2.75) is 34.1 Å². The number of H-pyrrole nitrogens is 1. The topological polar surface area (TPSA) is 32.9 Å². The van der Waals surface area contributed by atoms with Crippen LogP contribution in [0.3, 0.4) is 0 Å². The molecule has 1 aromatic carbocycles. The van der Waals surface area contributed by atoms with Crippen LogP contribution in [0.2, 0.25) is 0 Å². The number of carbonyl (C=O) groups excluding carboxylic acids is 1. The first-order valence-electron chi connectivity index (χ1n) is 5.57. The van der Waals surface area contributed by atoms with Crippen molar-refractivity contribution in [2.24, 2.45) is 0 Å². The van der Waals surface area contributed by atoms with Gasteiger partial charge < -0.3 is 4.98 Å². The van der Waals surface area contributed by atoms with Gasteiger partial charge >= 0.3 is 0 Å². The van der Waals surface area contributed by atoms with Crippen LogP contribution in [0, 0.1) is 20.8 Å². The number of benzene rings is 1. The molecule has 0 amide bonds. The van der Waals surface area contributed by atoms with Gasteiger partial charge in [0.25, 0.3) is 0 Å². The first-order valence-corrected chi connectivity index (χ1v) is 5.57. The summed E-state index contributed by atoms with van der Waals surface area (Å²) < 4.78 is 0. The summed E-state index contributed by atoms with van der Waals surface area (Å²) in [5, 5.41) is 1.20. The summed E-state index contributed by atoms with van der Waals surface area (Å²) in [5.41, 5.74) is 5.91. The van der Waals surface area contributed by atoms with Crippen LogP contribution in [0.15, 0.2) is 12.1 Å². The highest BCUT2D eigenvalue weighted by Gasteiger charge is 2.11. The molecule has 0 aliphatic rings. The third-order valence-electron chi connectivity index (χ3n) is 3.00. The standard InChI is InChI=1S/C14H17NO/c1-8-5-9(2)14-13(6-8)12(7-10(3)16)11(4)15-14/h5-6,15H,7H2,1-4H3. The van der Waals surface area contributed by atoms with Crippen LogP contribution < -0.4 is 0 Å². The van der Waals surface area contributed by atoms with E-state index >= 15 is 0 Å². The fraction of sp³-hybridized carbons (Fsp3) is 0.357. The number of aromatic amines is 1. The van der Waals surface area contributed by atoms with E-state index in [9.17, 15) is 4.79 Å². The van der Waals surface area contributed by atoms with Crippen LogP contribution in [0.4, 0.5) is 0 Å². The van der Waals surface area contributed by atoms with Gasteiger partial charge in [-0.3, -0.25) is 4.79 Å². The average molecular weight is 215 g/mol. The molecule has 1 aromatic heterocycles. The normalized spacial score (nSPS) is 11.0. The van der Waals surface area contributed by atoms with Gasteiger partial charge in [0.1, 0.15) is 5.78 Å². The van der Waals surface area contributed by atoms with Crippen molar-refractivity contribution in [1.29, 1.82) is 0 Å². The Morgan fingerprint density at radius 1 is 1.25 bits per heavy atom. The summed E-state index contributed by atoms with van der Waals surface area (Å²) >= 11 is 0. The van der Waals surface area contributed by atoms with Crippen molar-refractivity contribution in [1.82, 2.24) is 4.98 Å². The van der Waals surface area contributed by atoms with Gasteiger partial charge in [-0.2, -0.15) is 0 Å². The number of rotatable bonds is 2. The zero-order valence-electron chi connectivity index (χ0n) is 10.3. The lowest BCUT2D eigenvalue weighted by Crippen LogP contribution is -1.97. The van der Waals surface area contributed by atoms with E-state index in [1.54, 1.807) is 6.92 Å². The van der Waals surface area contributed by atoms with Gasteiger partial charge in [-0.05, 0) is 44.9 Å². The molecule has 0 radical (unpaired) electrons. The van der Waals surface area contributed by atoms with Gasteiger partial charge in [-0.15, -0.1) is 0 Å². The second-order valence-electron chi connectivity index (χ2n) is 4.61. The monoisotopic (exact) mass is 215 g/mol. The Morgan fingerprint density at radius 2 is 1.94 bits per heavy atom. The largest absolute Gasteiger partial charge is 0.358 e. The molecule has 0 atom stereocenters. The number of hydrogen-bond acceptors (Lipinski definition) is 1. The number of carbonyl (C=O) groups is 1. The van der Waals surface area contributed by atoms with Crippen molar-refractivity contribution in [3.05, 3.63) is 34.5 Å². The third kappa shape index (κ3) is 1.75. The number of hydrogen-bond donors (Lipinski definition) is 1. The predicted octanol–water partition coefficient (Wildman–Crippen LogP) is 3.22. The smallest absolute Gasteiger partial charge is 0.134 e. The number of ketones is 1. The Balaban J connectivity index is 2.73. The van der Waals surface area contributed by atoms with E-state index in [0.29, 0.717) is 6.42 Å². The lowest BCUT2D eigenvalue weighted by atomic mass is 10.0. The quantitative estimate of drug-likeness (QED) is 0.819. The summed E-state index contributed by atoms with van der Waals surface area (Å²) in [4.78, 5) is 14.6. The zero-order valence-corrected chi connectivity index (χ0v) is 10.3. The number of Topliss-reactive ketones (excluding diaryl/α,β-unsaturated/α-hetero) is 1. The van der Waals surface area contributed by atoms with Crippen molar-refractivity contribution in [2.75, 3.05) is 0 Å². The van der Waals surface area contributed by atoms with Crippen LogP contribution in [-0.2, 0) is 11.2 Å². The molecule has 0 saturated heterocycles. The van der Waals surface area contributed by atoms with Crippen molar-refractivity contribution < 1.29 is 4.79 Å². The highest BCUT2D eigenvalue weighted by atomic mass is 16.1. The fourth-order valence-electron chi connectivity index (χ4n) is 2.31. The van der Waals surface area contributed by atoms with E-state index in [1.165, 1.54) is 22.0 Å². The first kappa shape index (κ1) is 10.9. The number of nitrogens with one attached hydrogen (secondary N) is 1. The Labute approximate surface area is 95.7 Å². The van der Waals surface area contributed by atoms with Crippen molar-refractivity contribution >= 4 is 16.7 Å². The van der Waals surface area contributed by atoms with Crippen LogP contribution in [0.5, 0.6) is 0 Å². The molecule has 0 fully saturated rings. The van der Waals surface area contributed by atoms with E-state index in [1.807, 2.05) is 6.92 Å². The number of aromatic nitrogens is 1. The third-order valence-corrected chi connectivity index (χ3v) is 3.00. The summed E-state index contributed by atoms with van der Waals surface area (Å²) in [6.07, 6.45) is 0.523. The highest BCUT2D eigenvalue weighted by molar-refractivity contribution is 5.92. The second kappa shape index (κ2) is 3.78. The maximum Gasteiger partial charge on any atom is 0.134 e. The second-order valence-corrected chi connectivity index (χ2v) is 4.61. The molecule has 0 aliphatic heterocycles. The molecule has 0 aliphatic carbocycles. The maximum atomic E-state index is 11.3. The molecular formula is C14H17NO. The first-order chi connectivity index (χ1) is 7.49. The van der Waals surface area contributed by atoms with E-state index in [4.69, 9.17) is 0 Å².